The van der Waals surface area contributed by atoms with Crippen molar-refractivity contribution in [3.05, 3.63) is 18.0 Å². The fraction of sp³-hybridized carbons (Fsp3) is 0.786. The predicted molar refractivity (Wildman–Crippen MR) is 74.8 cm³/mol. The Labute approximate surface area is 111 Å². The zero-order valence-corrected chi connectivity index (χ0v) is 12.4. The summed E-state index contributed by atoms with van der Waals surface area (Å²) < 4.78 is 7.82. The molecule has 1 aromatic rings. The standard InChI is InChI=1S/C14H27N3O/c1-6-15-13(11-18-14(3,4)5)8-12-9-16-17(7-2)10-12/h9-10,13,15H,6-8,11H2,1-5H3. The Balaban J connectivity index is 2.51. The number of nitrogens with zero attached hydrogens (tertiary/aromatic N) is 2. The van der Waals surface area contributed by atoms with E-state index < -0.39 is 0 Å². The summed E-state index contributed by atoms with van der Waals surface area (Å²) in [5.74, 6) is 0. The quantitative estimate of drug-likeness (QED) is 0.810. The Morgan fingerprint density at radius 2 is 2.11 bits per heavy atom. The molecule has 18 heavy (non-hydrogen) atoms. The van der Waals surface area contributed by atoms with E-state index in [0.29, 0.717) is 6.04 Å². The van der Waals surface area contributed by atoms with Crippen LogP contribution >= 0.6 is 0 Å². The number of nitrogens with one attached hydrogen (secondary N) is 1. The molecule has 1 atom stereocenters. The Hall–Kier alpha value is -0.870. The molecule has 0 aliphatic carbocycles. The minimum Gasteiger partial charge on any atom is -0.374 e. The van der Waals surface area contributed by atoms with E-state index in [-0.39, 0.29) is 5.60 Å². The van der Waals surface area contributed by atoms with E-state index in [2.05, 4.69) is 51.2 Å². The summed E-state index contributed by atoms with van der Waals surface area (Å²) >= 11 is 0. The van der Waals surface area contributed by atoms with Gasteiger partial charge in [0.05, 0.1) is 18.4 Å². The number of aryl methyl sites for hydroxylation is 1. The van der Waals surface area contributed by atoms with Crippen molar-refractivity contribution in [2.45, 2.75) is 59.2 Å². The molecule has 0 fully saturated rings. The zero-order valence-electron chi connectivity index (χ0n) is 12.4. The van der Waals surface area contributed by atoms with Gasteiger partial charge in [0.15, 0.2) is 0 Å². The van der Waals surface area contributed by atoms with Gasteiger partial charge in [-0.05, 0) is 46.2 Å². The molecule has 104 valence electrons. The predicted octanol–water partition coefficient (Wildman–Crippen LogP) is 2.24. The Bertz CT molecular complexity index is 341. The first-order valence-corrected chi connectivity index (χ1v) is 6.83. The number of rotatable bonds is 7. The number of hydrogen-bond acceptors (Lipinski definition) is 3. The summed E-state index contributed by atoms with van der Waals surface area (Å²) in [5.41, 5.74) is 1.18. The van der Waals surface area contributed by atoms with Crippen LogP contribution in [0.25, 0.3) is 0 Å². The number of likely N-dealkylation sites (N-methyl/N-ethyl adjacent to an activating group) is 1. The van der Waals surface area contributed by atoms with Gasteiger partial charge >= 0.3 is 0 Å². The normalized spacial score (nSPS) is 13.8. The monoisotopic (exact) mass is 253 g/mol. The number of ether oxygens (including phenoxy) is 1. The third-order valence-electron chi connectivity index (χ3n) is 2.70. The van der Waals surface area contributed by atoms with E-state index >= 15 is 0 Å². The molecule has 0 saturated heterocycles. The van der Waals surface area contributed by atoms with Gasteiger partial charge in [-0.3, -0.25) is 4.68 Å². The fourth-order valence-corrected chi connectivity index (χ4v) is 1.80. The maximum absolute atomic E-state index is 5.86. The van der Waals surface area contributed by atoms with E-state index in [4.69, 9.17) is 4.74 Å². The third kappa shape index (κ3) is 5.65. The molecule has 0 aromatic carbocycles. The van der Waals surface area contributed by atoms with Gasteiger partial charge in [0, 0.05) is 18.8 Å². The summed E-state index contributed by atoms with van der Waals surface area (Å²) in [4.78, 5) is 0. The highest BCUT2D eigenvalue weighted by atomic mass is 16.5. The first kappa shape index (κ1) is 15.2. The Morgan fingerprint density at radius 3 is 2.61 bits per heavy atom. The lowest BCUT2D eigenvalue weighted by molar-refractivity contribution is -0.0141. The molecule has 0 radical (unpaired) electrons. The van der Waals surface area contributed by atoms with Gasteiger partial charge in [0.1, 0.15) is 0 Å². The topological polar surface area (TPSA) is 39.1 Å². The molecule has 4 nitrogen and oxygen atoms in total. The van der Waals surface area contributed by atoms with Crippen LogP contribution in [0.3, 0.4) is 0 Å². The second kappa shape index (κ2) is 6.90. The molecular weight excluding hydrogens is 226 g/mol. The van der Waals surface area contributed by atoms with Gasteiger partial charge in [0.2, 0.25) is 0 Å². The van der Waals surface area contributed by atoms with Gasteiger partial charge in [-0.2, -0.15) is 5.10 Å². The molecule has 1 rings (SSSR count). The molecule has 0 aliphatic heterocycles. The Morgan fingerprint density at radius 1 is 1.39 bits per heavy atom. The fourth-order valence-electron chi connectivity index (χ4n) is 1.80. The molecule has 0 amide bonds. The lowest BCUT2D eigenvalue weighted by Gasteiger charge is -2.24. The first-order chi connectivity index (χ1) is 8.44. The van der Waals surface area contributed by atoms with Crippen LogP contribution in [0.15, 0.2) is 12.4 Å². The number of aromatic nitrogens is 2. The molecule has 0 bridgehead atoms. The molecule has 1 aromatic heterocycles. The highest BCUT2D eigenvalue weighted by Gasteiger charge is 2.15. The van der Waals surface area contributed by atoms with Gasteiger partial charge in [-0.15, -0.1) is 0 Å². The molecular formula is C14H27N3O. The third-order valence-corrected chi connectivity index (χ3v) is 2.70. The van der Waals surface area contributed by atoms with Gasteiger partial charge in [-0.1, -0.05) is 6.92 Å². The van der Waals surface area contributed by atoms with Crippen molar-refractivity contribution < 1.29 is 4.74 Å². The molecule has 0 saturated carbocycles. The second-order valence-electron chi connectivity index (χ2n) is 5.59. The minimum atomic E-state index is -0.0821. The van der Waals surface area contributed by atoms with Crippen LogP contribution in [0.1, 0.15) is 40.2 Å². The van der Waals surface area contributed by atoms with E-state index in [1.165, 1.54) is 5.56 Å². The highest BCUT2D eigenvalue weighted by Crippen LogP contribution is 2.09. The zero-order chi connectivity index (χ0) is 13.6. The van der Waals surface area contributed by atoms with E-state index in [1.54, 1.807) is 0 Å². The van der Waals surface area contributed by atoms with E-state index in [9.17, 15) is 0 Å². The molecule has 1 unspecified atom stereocenters. The van der Waals surface area contributed by atoms with Crippen molar-refractivity contribution in [2.24, 2.45) is 0 Å². The SMILES string of the molecule is CCNC(COC(C)(C)C)Cc1cnn(CC)c1. The molecule has 0 aliphatic rings. The molecule has 1 heterocycles. The van der Waals surface area contributed by atoms with Gasteiger partial charge < -0.3 is 10.1 Å². The maximum atomic E-state index is 5.86. The van der Waals surface area contributed by atoms with Crippen LogP contribution in [-0.4, -0.2) is 34.6 Å². The lowest BCUT2D eigenvalue weighted by atomic mass is 10.1. The average molecular weight is 253 g/mol. The van der Waals surface area contributed by atoms with Crippen molar-refractivity contribution in [1.82, 2.24) is 15.1 Å². The smallest absolute Gasteiger partial charge is 0.0630 e. The maximum Gasteiger partial charge on any atom is 0.0630 e. The molecule has 1 N–H and O–H groups in total. The second-order valence-corrected chi connectivity index (χ2v) is 5.59. The minimum absolute atomic E-state index is 0.0821. The van der Waals surface area contributed by atoms with E-state index in [0.717, 1.165) is 26.1 Å². The van der Waals surface area contributed by atoms with Crippen molar-refractivity contribution in [2.75, 3.05) is 13.2 Å². The summed E-state index contributed by atoms with van der Waals surface area (Å²) in [5, 5.41) is 7.77. The van der Waals surface area contributed by atoms with Crippen molar-refractivity contribution >= 4 is 0 Å². The van der Waals surface area contributed by atoms with Gasteiger partial charge in [0.25, 0.3) is 0 Å². The number of hydrogen-bond donors (Lipinski definition) is 1. The summed E-state index contributed by atoms with van der Waals surface area (Å²) in [6.45, 7) is 13.1. The summed E-state index contributed by atoms with van der Waals surface area (Å²) in [6, 6.07) is 0.351. The van der Waals surface area contributed by atoms with Crippen LogP contribution in [0.4, 0.5) is 0 Å². The highest BCUT2D eigenvalue weighted by molar-refractivity contribution is 5.06. The van der Waals surface area contributed by atoms with Crippen LogP contribution in [-0.2, 0) is 17.7 Å². The van der Waals surface area contributed by atoms with Crippen molar-refractivity contribution in [3.8, 4) is 0 Å². The van der Waals surface area contributed by atoms with Crippen LogP contribution < -0.4 is 5.32 Å². The largest absolute Gasteiger partial charge is 0.374 e. The van der Waals surface area contributed by atoms with E-state index in [1.807, 2.05) is 10.9 Å². The molecule has 4 heteroatoms. The van der Waals surface area contributed by atoms with Crippen molar-refractivity contribution in [3.63, 3.8) is 0 Å². The van der Waals surface area contributed by atoms with Crippen molar-refractivity contribution in [1.29, 1.82) is 0 Å². The van der Waals surface area contributed by atoms with Crippen LogP contribution in [0.5, 0.6) is 0 Å². The van der Waals surface area contributed by atoms with Crippen LogP contribution in [0.2, 0.25) is 0 Å². The molecule has 0 spiro atoms. The lowest BCUT2D eigenvalue weighted by Crippen LogP contribution is -2.38. The first-order valence-electron chi connectivity index (χ1n) is 6.83. The summed E-state index contributed by atoms with van der Waals surface area (Å²) in [6.07, 6.45) is 5.02. The average Bonchev–Trinajstić information content (AvgIpc) is 2.73. The Kier molecular flexibility index (Phi) is 5.82. The summed E-state index contributed by atoms with van der Waals surface area (Å²) in [7, 11) is 0. The van der Waals surface area contributed by atoms with Crippen LogP contribution in [0, 0.1) is 0 Å². The van der Waals surface area contributed by atoms with Gasteiger partial charge in [-0.25, -0.2) is 0 Å².